The number of para-hydroxylation sites is 1. The number of hydrogen-bond donors (Lipinski definition) is 1. The van der Waals surface area contributed by atoms with Gasteiger partial charge in [0.15, 0.2) is 0 Å². The molecule has 0 saturated carbocycles. The third-order valence-corrected chi connectivity index (χ3v) is 4.61. The van der Waals surface area contributed by atoms with E-state index in [0.717, 1.165) is 44.1 Å². The average molecular weight is 343 g/mol. The van der Waals surface area contributed by atoms with Gasteiger partial charge in [-0.1, -0.05) is 58.2 Å². The molecule has 0 aliphatic carbocycles. The molecule has 25 heavy (non-hydrogen) atoms. The van der Waals surface area contributed by atoms with Crippen molar-refractivity contribution >= 4 is 16.9 Å². The Kier molecular flexibility index (Phi) is 7.23. The number of carboxylic acid groups (broad SMARTS) is 1. The van der Waals surface area contributed by atoms with Crippen LogP contribution in [-0.4, -0.2) is 22.7 Å². The molecule has 4 nitrogen and oxygen atoms in total. The molecular formula is C21H29NO3. The van der Waals surface area contributed by atoms with Gasteiger partial charge in [-0.15, -0.1) is 0 Å². The van der Waals surface area contributed by atoms with Gasteiger partial charge in [-0.2, -0.15) is 0 Å². The van der Waals surface area contributed by atoms with Crippen LogP contribution >= 0.6 is 0 Å². The molecule has 0 amide bonds. The Labute approximate surface area is 150 Å². The van der Waals surface area contributed by atoms with E-state index >= 15 is 0 Å². The predicted octanol–water partition coefficient (Wildman–Crippen LogP) is 5.80. The fourth-order valence-electron chi connectivity index (χ4n) is 3.32. The van der Waals surface area contributed by atoms with Gasteiger partial charge >= 0.3 is 5.97 Å². The predicted molar refractivity (Wildman–Crippen MR) is 102 cm³/mol. The Balaban J connectivity index is 2.62. The second kappa shape index (κ2) is 9.40. The van der Waals surface area contributed by atoms with Crippen molar-refractivity contribution in [1.29, 1.82) is 0 Å². The lowest BCUT2D eigenvalue weighted by molar-refractivity contribution is 0.0696. The van der Waals surface area contributed by atoms with Gasteiger partial charge in [0, 0.05) is 10.9 Å². The van der Waals surface area contributed by atoms with E-state index in [4.69, 9.17) is 4.74 Å². The summed E-state index contributed by atoms with van der Waals surface area (Å²) in [7, 11) is 0. The molecule has 1 atom stereocenters. The first-order chi connectivity index (χ1) is 12.1. The molecule has 0 bridgehead atoms. The molecule has 136 valence electrons. The molecule has 0 aliphatic heterocycles. The first-order valence-electron chi connectivity index (χ1n) is 9.42. The zero-order valence-electron chi connectivity index (χ0n) is 15.5. The van der Waals surface area contributed by atoms with Gasteiger partial charge in [0.25, 0.3) is 0 Å². The smallest absolute Gasteiger partial charge is 0.336 e. The maximum atomic E-state index is 12.1. The minimum absolute atomic E-state index is 0.154. The van der Waals surface area contributed by atoms with Crippen LogP contribution in [0.2, 0.25) is 0 Å². The monoisotopic (exact) mass is 343 g/mol. The molecule has 2 rings (SSSR count). The fraction of sp³-hybridized carbons (Fsp3) is 0.524. The van der Waals surface area contributed by atoms with Gasteiger partial charge in [-0.05, 0) is 31.2 Å². The number of ether oxygens (including phenoxy) is 1. The molecular weight excluding hydrogens is 314 g/mol. The highest BCUT2D eigenvalue weighted by Gasteiger charge is 2.26. The minimum Gasteiger partial charge on any atom is -0.478 e. The molecule has 1 aromatic heterocycles. The van der Waals surface area contributed by atoms with E-state index in [2.05, 4.69) is 18.8 Å². The first-order valence-corrected chi connectivity index (χ1v) is 9.42. The van der Waals surface area contributed by atoms with Crippen LogP contribution in [0.5, 0.6) is 5.88 Å². The summed E-state index contributed by atoms with van der Waals surface area (Å²) in [4.78, 5) is 16.8. The number of aromatic nitrogens is 1. The number of hydrogen-bond acceptors (Lipinski definition) is 3. The third kappa shape index (κ3) is 4.50. The summed E-state index contributed by atoms with van der Waals surface area (Å²) in [6, 6.07) is 7.44. The van der Waals surface area contributed by atoms with Crippen molar-refractivity contribution in [1.82, 2.24) is 4.98 Å². The van der Waals surface area contributed by atoms with Crippen LogP contribution in [0, 0.1) is 0 Å². The Hall–Kier alpha value is -2.10. The summed E-state index contributed by atoms with van der Waals surface area (Å²) in [6.45, 7) is 6.87. The molecule has 0 saturated heterocycles. The summed E-state index contributed by atoms with van der Waals surface area (Å²) in [5, 5.41) is 10.6. The van der Waals surface area contributed by atoms with E-state index in [0.29, 0.717) is 29.0 Å². The zero-order valence-corrected chi connectivity index (χ0v) is 15.5. The van der Waals surface area contributed by atoms with Crippen LogP contribution in [0.1, 0.15) is 81.1 Å². The molecule has 1 heterocycles. The van der Waals surface area contributed by atoms with Crippen molar-refractivity contribution in [3.8, 4) is 5.88 Å². The van der Waals surface area contributed by atoms with Gasteiger partial charge in [0.05, 0.1) is 17.7 Å². The number of benzene rings is 1. The van der Waals surface area contributed by atoms with Crippen LogP contribution in [0.15, 0.2) is 24.3 Å². The number of carboxylic acids is 1. The van der Waals surface area contributed by atoms with Crippen LogP contribution in [-0.2, 0) is 0 Å². The van der Waals surface area contributed by atoms with Crippen molar-refractivity contribution in [2.45, 2.75) is 65.2 Å². The topological polar surface area (TPSA) is 59.4 Å². The van der Waals surface area contributed by atoms with E-state index in [1.165, 1.54) is 0 Å². The summed E-state index contributed by atoms with van der Waals surface area (Å²) >= 11 is 0. The lowest BCUT2D eigenvalue weighted by Crippen LogP contribution is -2.13. The van der Waals surface area contributed by atoms with Crippen molar-refractivity contribution in [3.05, 3.63) is 35.4 Å². The highest BCUT2D eigenvalue weighted by Crippen LogP contribution is 2.38. The van der Waals surface area contributed by atoms with E-state index in [1.54, 1.807) is 0 Å². The molecule has 1 unspecified atom stereocenters. The fourth-order valence-corrected chi connectivity index (χ4v) is 3.32. The van der Waals surface area contributed by atoms with Crippen LogP contribution in [0.4, 0.5) is 0 Å². The highest BCUT2D eigenvalue weighted by molar-refractivity contribution is 6.04. The summed E-state index contributed by atoms with van der Waals surface area (Å²) in [5.41, 5.74) is 1.82. The number of nitrogens with zero attached hydrogens (tertiary/aromatic N) is 1. The SMILES string of the molecule is CCCCCC(CC)c1c(OCCC)nc2ccccc2c1C(=O)O. The average Bonchev–Trinajstić information content (AvgIpc) is 2.62. The van der Waals surface area contributed by atoms with Crippen molar-refractivity contribution in [3.63, 3.8) is 0 Å². The van der Waals surface area contributed by atoms with Gasteiger partial charge in [0.1, 0.15) is 0 Å². The summed E-state index contributed by atoms with van der Waals surface area (Å²) < 4.78 is 5.90. The molecule has 1 N–H and O–H groups in total. The van der Waals surface area contributed by atoms with Gasteiger partial charge < -0.3 is 9.84 Å². The molecule has 0 aliphatic rings. The van der Waals surface area contributed by atoms with E-state index in [1.807, 2.05) is 31.2 Å². The number of unbranched alkanes of at least 4 members (excludes halogenated alkanes) is 2. The zero-order chi connectivity index (χ0) is 18.2. The molecule has 0 fully saturated rings. The Bertz CT molecular complexity index is 712. The molecule has 4 heteroatoms. The maximum Gasteiger partial charge on any atom is 0.336 e. The highest BCUT2D eigenvalue weighted by atomic mass is 16.5. The summed E-state index contributed by atoms with van der Waals surface area (Å²) in [6.07, 6.45) is 6.11. The van der Waals surface area contributed by atoms with E-state index in [-0.39, 0.29) is 5.92 Å². The number of carbonyl (C=O) groups is 1. The lowest BCUT2D eigenvalue weighted by Gasteiger charge is -2.22. The molecule has 1 aromatic carbocycles. The normalized spacial score (nSPS) is 12.3. The number of pyridine rings is 1. The maximum absolute atomic E-state index is 12.1. The van der Waals surface area contributed by atoms with Crippen LogP contribution in [0.3, 0.4) is 0 Å². The Morgan fingerprint density at radius 3 is 2.56 bits per heavy atom. The standard InChI is InChI=1S/C21H29NO3/c1-4-7-8-11-15(6-3)18-19(21(23)24)16-12-9-10-13-17(16)22-20(18)25-14-5-2/h9-10,12-13,15H,4-8,11,14H2,1-3H3,(H,23,24). The quantitative estimate of drug-likeness (QED) is 0.554. The van der Waals surface area contributed by atoms with Crippen molar-refractivity contribution in [2.24, 2.45) is 0 Å². The van der Waals surface area contributed by atoms with Gasteiger partial charge in [-0.25, -0.2) is 9.78 Å². The second-order valence-electron chi connectivity index (χ2n) is 6.48. The van der Waals surface area contributed by atoms with Gasteiger partial charge in [0.2, 0.25) is 5.88 Å². The van der Waals surface area contributed by atoms with Gasteiger partial charge in [-0.3, -0.25) is 0 Å². The molecule has 0 radical (unpaired) electrons. The Morgan fingerprint density at radius 1 is 1.16 bits per heavy atom. The number of rotatable bonds is 10. The van der Waals surface area contributed by atoms with Crippen molar-refractivity contribution < 1.29 is 14.6 Å². The number of aromatic carboxylic acids is 1. The van der Waals surface area contributed by atoms with Crippen molar-refractivity contribution in [2.75, 3.05) is 6.61 Å². The Morgan fingerprint density at radius 2 is 1.92 bits per heavy atom. The van der Waals surface area contributed by atoms with Crippen LogP contribution in [0.25, 0.3) is 10.9 Å². The molecule has 2 aromatic rings. The lowest BCUT2D eigenvalue weighted by atomic mass is 9.87. The van der Waals surface area contributed by atoms with E-state index < -0.39 is 5.97 Å². The second-order valence-corrected chi connectivity index (χ2v) is 6.48. The first kappa shape index (κ1) is 19.2. The van der Waals surface area contributed by atoms with Crippen LogP contribution < -0.4 is 4.74 Å². The van der Waals surface area contributed by atoms with E-state index in [9.17, 15) is 9.90 Å². The minimum atomic E-state index is -0.899. The summed E-state index contributed by atoms with van der Waals surface area (Å²) in [5.74, 6) is -0.244. The molecule has 0 spiro atoms. The largest absolute Gasteiger partial charge is 0.478 e. The number of fused-ring (bicyclic) bond motifs is 1. The third-order valence-electron chi connectivity index (χ3n) is 4.61.